The molecule has 2 N–H and O–H groups in total. The third-order valence-corrected chi connectivity index (χ3v) is 3.91. The first-order valence-electron chi connectivity index (χ1n) is 6.57. The second kappa shape index (κ2) is 4.52. The smallest absolute Gasteiger partial charge is 0.410 e. The Morgan fingerprint density at radius 2 is 1.83 bits per heavy atom. The lowest BCUT2D eigenvalue weighted by Crippen LogP contribution is -2.33. The van der Waals surface area contributed by atoms with Gasteiger partial charge in [0.1, 0.15) is 6.10 Å². The van der Waals surface area contributed by atoms with Crippen LogP contribution in [0.15, 0.2) is 24.3 Å². The fourth-order valence-electron chi connectivity index (χ4n) is 2.88. The zero-order valence-electron chi connectivity index (χ0n) is 10.3. The first kappa shape index (κ1) is 11.4. The van der Waals surface area contributed by atoms with Crippen LogP contribution in [0.1, 0.15) is 37.4 Å². The number of anilines is 1. The van der Waals surface area contributed by atoms with Gasteiger partial charge in [0.15, 0.2) is 0 Å². The van der Waals surface area contributed by atoms with Crippen molar-refractivity contribution in [3.05, 3.63) is 29.8 Å². The molecule has 3 rings (SSSR count). The Morgan fingerprint density at radius 1 is 1.17 bits per heavy atom. The van der Waals surface area contributed by atoms with E-state index in [0.29, 0.717) is 12.6 Å². The predicted octanol–water partition coefficient (Wildman–Crippen LogP) is 2.70. The number of rotatable bonds is 2. The van der Waals surface area contributed by atoms with Crippen molar-refractivity contribution in [2.75, 3.05) is 12.3 Å². The second-order valence-corrected chi connectivity index (χ2v) is 5.13. The highest BCUT2D eigenvalue weighted by atomic mass is 16.6. The molecule has 4 heteroatoms. The molecule has 96 valence electrons. The van der Waals surface area contributed by atoms with E-state index in [4.69, 9.17) is 10.5 Å². The van der Waals surface area contributed by atoms with Crippen molar-refractivity contribution in [1.82, 2.24) is 4.90 Å². The molecule has 2 fully saturated rings. The largest absolute Gasteiger partial charge is 0.439 e. The molecule has 1 aromatic carbocycles. The maximum atomic E-state index is 11.9. The lowest BCUT2D eigenvalue weighted by molar-refractivity contribution is 0.128. The van der Waals surface area contributed by atoms with Crippen LogP contribution in [0, 0.1) is 0 Å². The van der Waals surface area contributed by atoms with Gasteiger partial charge in [-0.1, -0.05) is 25.0 Å². The van der Waals surface area contributed by atoms with E-state index >= 15 is 0 Å². The summed E-state index contributed by atoms with van der Waals surface area (Å²) in [4.78, 5) is 13.8. The molecule has 0 aromatic heterocycles. The van der Waals surface area contributed by atoms with E-state index in [1.54, 1.807) is 0 Å². The number of hydrogen-bond donors (Lipinski definition) is 1. The molecule has 1 atom stereocenters. The Hall–Kier alpha value is -1.71. The normalized spacial score (nSPS) is 24.6. The molecule has 4 nitrogen and oxygen atoms in total. The third kappa shape index (κ3) is 2.03. The summed E-state index contributed by atoms with van der Waals surface area (Å²) in [6.45, 7) is 0.674. The lowest BCUT2D eigenvalue weighted by atomic mass is 10.1. The van der Waals surface area contributed by atoms with Crippen LogP contribution in [-0.4, -0.2) is 23.6 Å². The highest BCUT2D eigenvalue weighted by Crippen LogP contribution is 2.32. The molecule has 2 aliphatic rings. The van der Waals surface area contributed by atoms with Gasteiger partial charge in [0, 0.05) is 11.7 Å². The van der Waals surface area contributed by atoms with Crippen molar-refractivity contribution in [1.29, 1.82) is 0 Å². The second-order valence-electron chi connectivity index (χ2n) is 5.13. The van der Waals surface area contributed by atoms with E-state index < -0.39 is 0 Å². The van der Waals surface area contributed by atoms with Crippen molar-refractivity contribution in [3.63, 3.8) is 0 Å². The Kier molecular flexibility index (Phi) is 2.86. The first-order chi connectivity index (χ1) is 8.74. The number of carbonyl (C=O) groups excluding carboxylic acids is 1. The topological polar surface area (TPSA) is 55.6 Å². The highest BCUT2D eigenvalue weighted by molar-refractivity contribution is 5.70. The van der Waals surface area contributed by atoms with Crippen molar-refractivity contribution in [3.8, 4) is 0 Å². The maximum absolute atomic E-state index is 11.9. The predicted molar refractivity (Wildman–Crippen MR) is 69.0 cm³/mol. The molecule has 1 amide bonds. The summed E-state index contributed by atoms with van der Waals surface area (Å²) < 4.78 is 5.46. The average Bonchev–Trinajstić information content (AvgIpc) is 2.99. The molecular weight excluding hydrogens is 228 g/mol. The minimum atomic E-state index is -0.163. The van der Waals surface area contributed by atoms with E-state index in [2.05, 4.69) is 0 Å². The van der Waals surface area contributed by atoms with Crippen LogP contribution in [-0.2, 0) is 4.74 Å². The summed E-state index contributed by atoms with van der Waals surface area (Å²) in [5.74, 6) is 0. The number of hydrogen-bond acceptors (Lipinski definition) is 3. The summed E-state index contributed by atoms with van der Waals surface area (Å²) in [6.07, 6.45) is 4.37. The standard InChI is InChI=1S/C14H18N2O2/c15-11-7-5-10(6-8-11)13-9-16(14(17)18-13)12-3-1-2-4-12/h5-8,12-13H,1-4,9,15H2. The lowest BCUT2D eigenvalue weighted by Gasteiger charge is -2.20. The zero-order valence-corrected chi connectivity index (χ0v) is 10.3. The number of carbonyl (C=O) groups is 1. The van der Waals surface area contributed by atoms with E-state index in [-0.39, 0.29) is 12.2 Å². The highest BCUT2D eigenvalue weighted by Gasteiger charge is 2.37. The van der Waals surface area contributed by atoms with Crippen LogP contribution in [0.25, 0.3) is 0 Å². The van der Waals surface area contributed by atoms with Crippen molar-refractivity contribution >= 4 is 11.8 Å². The van der Waals surface area contributed by atoms with E-state index in [1.165, 1.54) is 12.8 Å². The minimum Gasteiger partial charge on any atom is -0.439 e. The van der Waals surface area contributed by atoms with Crippen LogP contribution in [0.5, 0.6) is 0 Å². The molecular formula is C14H18N2O2. The van der Waals surface area contributed by atoms with Crippen molar-refractivity contribution < 1.29 is 9.53 Å². The number of amides is 1. The van der Waals surface area contributed by atoms with Crippen LogP contribution in [0.3, 0.4) is 0 Å². The minimum absolute atomic E-state index is 0.140. The molecule has 1 aromatic rings. The van der Waals surface area contributed by atoms with E-state index in [9.17, 15) is 4.79 Å². The molecule has 0 radical (unpaired) electrons. The average molecular weight is 246 g/mol. The number of nitrogen functional groups attached to an aromatic ring is 1. The van der Waals surface area contributed by atoms with Gasteiger partial charge in [-0.25, -0.2) is 4.79 Å². The zero-order chi connectivity index (χ0) is 12.5. The van der Waals surface area contributed by atoms with Gasteiger partial charge in [-0.2, -0.15) is 0 Å². The van der Waals surface area contributed by atoms with Crippen LogP contribution < -0.4 is 5.73 Å². The number of ether oxygens (including phenoxy) is 1. The molecule has 1 aliphatic carbocycles. The number of cyclic esters (lactones) is 1. The number of nitrogens with zero attached hydrogens (tertiary/aromatic N) is 1. The number of nitrogens with two attached hydrogens (primary N) is 1. The van der Waals surface area contributed by atoms with E-state index in [1.807, 2.05) is 29.2 Å². The maximum Gasteiger partial charge on any atom is 0.410 e. The number of benzene rings is 1. The Balaban J connectivity index is 1.73. The van der Waals surface area contributed by atoms with Gasteiger partial charge in [-0.05, 0) is 30.5 Å². The molecule has 0 bridgehead atoms. The van der Waals surface area contributed by atoms with Crippen LogP contribution in [0.4, 0.5) is 10.5 Å². The van der Waals surface area contributed by atoms with Crippen molar-refractivity contribution in [2.24, 2.45) is 0 Å². The molecule has 1 saturated carbocycles. The van der Waals surface area contributed by atoms with Gasteiger partial charge < -0.3 is 15.4 Å². The van der Waals surface area contributed by atoms with Crippen molar-refractivity contribution in [2.45, 2.75) is 37.8 Å². The Morgan fingerprint density at radius 3 is 2.50 bits per heavy atom. The molecule has 1 heterocycles. The first-order valence-corrected chi connectivity index (χ1v) is 6.57. The molecule has 1 unspecified atom stereocenters. The fraction of sp³-hybridized carbons (Fsp3) is 0.500. The van der Waals surface area contributed by atoms with Crippen LogP contribution in [0.2, 0.25) is 0 Å². The fourth-order valence-corrected chi connectivity index (χ4v) is 2.88. The van der Waals surface area contributed by atoms with Gasteiger partial charge in [0.05, 0.1) is 6.54 Å². The third-order valence-electron chi connectivity index (χ3n) is 3.91. The Labute approximate surface area is 107 Å². The van der Waals surface area contributed by atoms with Gasteiger partial charge in [-0.3, -0.25) is 0 Å². The molecule has 1 saturated heterocycles. The molecule has 18 heavy (non-hydrogen) atoms. The summed E-state index contributed by atoms with van der Waals surface area (Å²) in [6, 6.07) is 7.95. The quantitative estimate of drug-likeness (QED) is 0.816. The van der Waals surface area contributed by atoms with Gasteiger partial charge in [0.2, 0.25) is 0 Å². The summed E-state index contributed by atoms with van der Waals surface area (Å²) >= 11 is 0. The van der Waals surface area contributed by atoms with E-state index in [0.717, 1.165) is 24.1 Å². The van der Waals surface area contributed by atoms with Gasteiger partial charge in [-0.15, -0.1) is 0 Å². The summed E-state index contributed by atoms with van der Waals surface area (Å²) in [5, 5.41) is 0. The van der Waals surface area contributed by atoms with Gasteiger partial charge >= 0.3 is 6.09 Å². The summed E-state index contributed by atoms with van der Waals surface area (Å²) in [5.41, 5.74) is 7.42. The monoisotopic (exact) mass is 246 g/mol. The van der Waals surface area contributed by atoms with Crippen LogP contribution >= 0.6 is 0 Å². The SMILES string of the molecule is Nc1ccc(C2CN(C3CCCC3)C(=O)O2)cc1. The van der Waals surface area contributed by atoms with Gasteiger partial charge in [0.25, 0.3) is 0 Å². The molecule has 1 aliphatic heterocycles. The summed E-state index contributed by atoms with van der Waals surface area (Å²) in [7, 11) is 0. The molecule has 0 spiro atoms. The Bertz CT molecular complexity index is 438.